The topological polar surface area (TPSA) is 73.6 Å². The summed E-state index contributed by atoms with van der Waals surface area (Å²) in [5.74, 6) is 2.72. The Morgan fingerprint density at radius 1 is 1.18 bits per heavy atom. The molecule has 1 aliphatic rings. The van der Waals surface area contributed by atoms with E-state index in [0.717, 1.165) is 42.3 Å². The van der Waals surface area contributed by atoms with Crippen LogP contribution in [0.5, 0.6) is 5.75 Å². The lowest BCUT2D eigenvalue weighted by Gasteiger charge is -2.32. The fraction of sp³-hybridized carbons (Fsp3) is 0.407. The summed E-state index contributed by atoms with van der Waals surface area (Å²) >= 11 is 0. The average Bonchev–Trinajstić information content (AvgIpc) is 3.21. The molecular weight excluding hydrogens is 416 g/mol. The molecule has 6 heteroatoms. The molecule has 33 heavy (non-hydrogen) atoms. The second-order valence-corrected chi connectivity index (χ2v) is 8.43. The normalized spacial score (nSPS) is 18.1. The Morgan fingerprint density at radius 2 is 2.03 bits per heavy atom. The Hall–Kier alpha value is -3.12. The molecule has 0 aliphatic carbocycles. The van der Waals surface area contributed by atoms with Crippen molar-refractivity contribution in [2.24, 2.45) is 5.92 Å². The lowest BCUT2D eigenvalue weighted by Crippen LogP contribution is -2.36. The zero-order chi connectivity index (χ0) is 23.0. The van der Waals surface area contributed by atoms with Crippen molar-refractivity contribution in [3.8, 4) is 17.2 Å². The largest absolute Gasteiger partial charge is 0.493 e. The molecule has 0 radical (unpaired) electrons. The molecule has 1 N–H and O–H groups in total. The van der Waals surface area contributed by atoms with Gasteiger partial charge in [-0.1, -0.05) is 30.3 Å². The van der Waals surface area contributed by atoms with Crippen LogP contribution in [0.4, 0.5) is 0 Å². The number of hydrogen-bond acceptors (Lipinski definition) is 6. The SMILES string of the molecule is CCOC(=O)CC1CCNCC1c1cccc(OCCc2nc(-c3ccccc3)oc2C)c1. The Bertz CT molecular complexity index is 1050. The average molecular weight is 449 g/mol. The third-order valence-corrected chi connectivity index (χ3v) is 6.17. The van der Waals surface area contributed by atoms with Gasteiger partial charge in [-0.3, -0.25) is 4.79 Å². The Balaban J connectivity index is 1.37. The maximum absolute atomic E-state index is 12.1. The highest BCUT2D eigenvalue weighted by molar-refractivity contribution is 5.69. The first-order valence-corrected chi connectivity index (χ1v) is 11.7. The molecule has 1 aromatic heterocycles. The summed E-state index contributed by atoms with van der Waals surface area (Å²) in [6.07, 6.45) is 2.09. The van der Waals surface area contributed by atoms with E-state index in [9.17, 15) is 4.79 Å². The predicted octanol–water partition coefficient (Wildman–Crippen LogP) is 4.92. The number of aryl methyl sites for hydroxylation is 1. The van der Waals surface area contributed by atoms with E-state index in [0.29, 0.717) is 31.9 Å². The second kappa shape index (κ2) is 11.1. The van der Waals surface area contributed by atoms with Gasteiger partial charge >= 0.3 is 5.97 Å². The van der Waals surface area contributed by atoms with E-state index in [-0.39, 0.29) is 17.8 Å². The molecule has 1 saturated heterocycles. The Morgan fingerprint density at radius 3 is 2.85 bits per heavy atom. The van der Waals surface area contributed by atoms with Crippen LogP contribution in [0.25, 0.3) is 11.5 Å². The van der Waals surface area contributed by atoms with E-state index in [1.807, 2.05) is 56.3 Å². The highest BCUT2D eigenvalue weighted by Crippen LogP contribution is 2.33. The first-order valence-electron chi connectivity index (χ1n) is 11.7. The van der Waals surface area contributed by atoms with Gasteiger partial charge in [-0.25, -0.2) is 4.98 Å². The fourth-order valence-electron chi connectivity index (χ4n) is 4.45. The molecule has 174 valence electrons. The molecule has 1 fully saturated rings. The minimum absolute atomic E-state index is 0.111. The molecular formula is C27H32N2O4. The molecule has 0 amide bonds. The van der Waals surface area contributed by atoms with E-state index in [1.54, 1.807) is 0 Å². The number of oxazole rings is 1. The van der Waals surface area contributed by atoms with Gasteiger partial charge < -0.3 is 19.2 Å². The van der Waals surface area contributed by atoms with Crippen molar-refractivity contribution in [3.63, 3.8) is 0 Å². The summed E-state index contributed by atoms with van der Waals surface area (Å²) in [5, 5.41) is 3.46. The van der Waals surface area contributed by atoms with Crippen LogP contribution in [0.3, 0.4) is 0 Å². The maximum Gasteiger partial charge on any atom is 0.306 e. The van der Waals surface area contributed by atoms with Crippen molar-refractivity contribution < 1.29 is 18.7 Å². The maximum atomic E-state index is 12.1. The summed E-state index contributed by atoms with van der Waals surface area (Å²) in [6, 6.07) is 18.1. The van der Waals surface area contributed by atoms with Gasteiger partial charge in [-0.15, -0.1) is 0 Å². The molecule has 1 aliphatic heterocycles. The van der Waals surface area contributed by atoms with Gasteiger partial charge in [0.1, 0.15) is 11.5 Å². The van der Waals surface area contributed by atoms with Gasteiger partial charge in [-0.2, -0.15) is 0 Å². The van der Waals surface area contributed by atoms with E-state index in [4.69, 9.17) is 13.9 Å². The second-order valence-electron chi connectivity index (χ2n) is 8.43. The van der Waals surface area contributed by atoms with Gasteiger partial charge in [0.05, 0.1) is 18.9 Å². The lowest BCUT2D eigenvalue weighted by molar-refractivity contribution is -0.144. The molecule has 0 bridgehead atoms. The van der Waals surface area contributed by atoms with Crippen molar-refractivity contribution in [1.29, 1.82) is 0 Å². The summed E-state index contributed by atoms with van der Waals surface area (Å²) in [7, 11) is 0. The number of nitrogens with zero attached hydrogens (tertiary/aromatic N) is 1. The van der Waals surface area contributed by atoms with Crippen LogP contribution in [0.2, 0.25) is 0 Å². The molecule has 2 unspecified atom stereocenters. The molecule has 2 heterocycles. The number of benzene rings is 2. The standard InChI is InChI=1S/C27H32N2O4/c1-3-31-26(30)17-22-12-14-28-18-24(22)21-10-7-11-23(16-21)32-15-13-25-19(2)33-27(29-25)20-8-5-4-6-9-20/h4-11,16,22,24,28H,3,12-15,17-18H2,1-2H3. The number of piperidine rings is 1. The fourth-order valence-corrected chi connectivity index (χ4v) is 4.45. The highest BCUT2D eigenvalue weighted by Gasteiger charge is 2.29. The van der Waals surface area contributed by atoms with Crippen molar-refractivity contribution in [1.82, 2.24) is 10.3 Å². The summed E-state index contributed by atoms with van der Waals surface area (Å²) in [4.78, 5) is 16.7. The zero-order valence-corrected chi connectivity index (χ0v) is 19.4. The van der Waals surface area contributed by atoms with Gasteiger partial charge in [0.25, 0.3) is 0 Å². The molecule has 2 atom stereocenters. The molecule has 3 aromatic rings. The summed E-state index contributed by atoms with van der Waals surface area (Å²) < 4.78 is 17.1. The molecule has 0 spiro atoms. The van der Waals surface area contributed by atoms with Gasteiger partial charge in [0.2, 0.25) is 5.89 Å². The monoisotopic (exact) mass is 448 g/mol. The minimum Gasteiger partial charge on any atom is -0.493 e. The van der Waals surface area contributed by atoms with E-state index in [2.05, 4.69) is 22.4 Å². The van der Waals surface area contributed by atoms with Crippen LogP contribution in [0, 0.1) is 12.8 Å². The van der Waals surface area contributed by atoms with Crippen LogP contribution in [0.15, 0.2) is 59.0 Å². The summed E-state index contributed by atoms with van der Waals surface area (Å²) in [6.45, 7) is 6.51. The minimum atomic E-state index is -0.111. The van der Waals surface area contributed by atoms with Crippen LogP contribution in [0.1, 0.15) is 42.7 Å². The van der Waals surface area contributed by atoms with Crippen LogP contribution < -0.4 is 10.1 Å². The number of carbonyl (C=O) groups is 1. The van der Waals surface area contributed by atoms with Crippen LogP contribution >= 0.6 is 0 Å². The Kier molecular flexibility index (Phi) is 7.79. The van der Waals surface area contributed by atoms with Crippen molar-refractivity contribution in [2.75, 3.05) is 26.3 Å². The van der Waals surface area contributed by atoms with Crippen molar-refractivity contribution in [3.05, 3.63) is 71.6 Å². The Labute approximate surface area is 195 Å². The van der Waals surface area contributed by atoms with Crippen molar-refractivity contribution in [2.45, 2.75) is 39.0 Å². The molecule has 0 saturated carbocycles. The number of carbonyl (C=O) groups excluding carboxylic acids is 1. The predicted molar refractivity (Wildman–Crippen MR) is 127 cm³/mol. The number of ether oxygens (including phenoxy) is 2. The molecule has 4 rings (SSSR count). The van der Waals surface area contributed by atoms with Crippen molar-refractivity contribution >= 4 is 5.97 Å². The quantitative estimate of drug-likeness (QED) is 0.469. The number of esters is 1. The summed E-state index contributed by atoms with van der Waals surface area (Å²) in [5.41, 5.74) is 3.08. The van der Waals surface area contributed by atoms with Crippen LogP contribution in [-0.2, 0) is 16.0 Å². The van der Waals surface area contributed by atoms with Crippen LogP contribution in [-0.4, -0.2) is 37.3 Å². The van der Waals surface area contributed by atoms with E-state index in [1.165, 1.54) is 5.56 Å². The number of rotatable bonds is 9. The first-order chi connectivity index (χ1) is 16.1. The molecule has 6 nitrogen and oxygen atoms in total. The number of aromatic nitrogens is 1. The smallest absolute Gasteiger partial charge is 0.306 e. The number of hydrogen-bond donors (Lipinski definition) is 1. The zero-order valence-electron chi connectivity index (χ0n) is 19.4. The van der Waals surface area contributed by atoms with Gasteiger partial charge in [-0.05, 0) is 68.5 Å². The van der Waals surface area contributed by atoms with E-state index >= 15 is 0 Å². The highest BCUT2D eigenvalue weighted by atomic mass is 16.5. The first kappa shape index (κ1) is 23.1. The third-order valence-electron chi connectivity index (χ3n) is 6.17. The van der Waals surface area contributed by atoms with E-state index < -0.39 is 0 Å². The number of nitrogens with one attached hydrogen (secondary N) is 1. The lowest BCUT2D eigenvalue weighted by atomic mass is 9.79. The molecule has 2 aromatic carbocycles. The third kappa shape index (κ3) is 6.02. The van der Waals surface area contributed by atoms with Gasteiger partial charge in [0, 0.05) is 24.9 Å². The van der Waals surface area contributed by atoms with Gasteiger partial charge in [0.15, 0.2) is 0 Å².